The van der Waals surface area contributed by atoms with Crippen molar-refractivity contribution in [1.29, 1.82) is 0 Å². The zero-order valence-corrected chi connectivity index (χ0v) is 61.8. The number of esters is 4. The van der Waals surface area contributed by atoms with Gasteiger partial charge >= 0.3 is 39.5 Å². The topological polar surface area (TPSA) is 237 Å². The van der Waals surface area contributed by atoms with Crippen molar-refractivity contribution >= 4 is 39.5 Å². The summed E-state index contributed by atoms with van der Waals surface area (Å²) in [5, 5.41) is 10.6. The Kier molecular flexibility index (Phi) is 62.4. The number of phosphoric ester groups is 2. The molecule has 17 nitrogen and oxygen atoms in total. The highest BCUT2D eigenvalue weighted by Gasteiger charge is 2.30. The lowest BCUT2D eigenvalue weighted by molar-refractivity contribution is -0.161. The normalized spacial score (nSPS) is 14.4. The average molecular weight is 1350 g/mol. The smallest absolute Gasteiger partial charge is 0.462 e. The Morgan fingerprint density at radius 2 is 0.554 bits per heavy atom. The summed E-state index contributed by atoms with van der Waals surface area (Å²) in [6.45, 7) is 11.8. The standard InChI is InChI=1S/C73H142O17P2/c1-8-10-11-12-13-14-15-16-17-18-19-20-21-22-27-33-42-49-56-72(77)89-68(60-83-70(75)54-47-40-32-26-24-23-25-30-37-44-51-64(3)4)62-87-91(79,80)85-58-67(74)59-86-92(81,82)88-63-69(61-84-71(76)55-48-41-36-35-39-46-53-66(7)9-2)90-73(78)57-50-43-34-29-28-31-38-45-52-65(5)6/h64-69,74H,8-63H2,1-7H3,(H,79,80)(H,81,82)/t66?,67-,68-,69-/m1/s1. The lowest BCUT2D eigenvalue weighted by atomic mass is 10.00. The van der Waals surface area contributed by atoms with Crippen LogP contribution in [-0.4, -0.2) is 96.7 Å². The van der Waals surface area contributed by atoms with E-state index in [1.54, 1.807) is 0 Å². The minimum absolute atomic E-state index is 0.103. The molecule has 0 amide bonds. The minimum Gasteiger partial charge on any atom is -0.462 e. The van der Waals surface area contributed by atoms with Crippen molar-refractivity contribution in [2.75, 3.05) is 39.6 Å². The lowest BCUT2D eigenvalue weighted by Gasteiger charge is -2.21. The van der Waals surface area contributed by atoms with E-state index in [-0.39, 0.29) is 25.7 Å². The number of aliphatic hydroxyl groups is 1. The summed E-state index contributed by atoms with van der Waals surface area (Å²) in [5.41, 5.74) is 0. The molecule has 0 saturated heterocycles. The van der Waals surface area contributed by atoms with E-state index in [0.717, 1.165) is 114 Å². The van der Waals surface area contributed by atoms with Gasteiger partial charge in [-0.25, -0.2) is 9.13 Å². The minimum atomic E-state index is -4.96. The predicted molar refractivity (Wildman–Crippen MR) is 372 cm³/mol. The molecule has 0 aromatic rings. The fourth-order valence-corrected chi connectivity index (χ4v) is 12.6. The zero-order chi connectivity index (χ0) is 68.0. The van der Waals surface area contributed by atoms with Crippen molar-refractivity contribution < 1.29 is 80.2 Å². The molecule has 3 N–H and O–H groups in total. The Labute approximate surface area is 562 Å². The fourth-order valence-electron chi connectivity index (χ4n) is 11.0. The van der Waals surface area contributed by atoms with E-state index in [2.05, 4.69) is 48.5 Å². The molecule has 0 fully saturated rings. The van der Waals surface area contributed by atoms with Crippen molar-refractivity contribution in [1.82, 2.24) is 0 Å². The van der Waals surface area contributed by atoms with Gasteiger partial charge in [-0.2, -0.15) is 0 Å². The molecule has 6 atom stereocenters. The monoisotopic (exact) mass is 1350 g/mol. The highest BCUT2D eigenvalue weighted by Crippen LogP contribution is 2.45. The largest absolute Gasteiger partial charge is 0.472 e. The Morgan fingerprint density at radius 1 is 0.315 bits per heavy atom. The van der Waals surface area contributed by atoms with Crippen LogP contribution < -0.4 is 0 Å². The van der Waals surface area contributed by atoms with E-state index >= 15 is 0 Å². The van der Waals surface area contributed by atoms with Gasteiger partial charge in [0, 0.05) is 25.7 Å². The van der Waals surface area contributed by atoms with E-state index in [9.17, 15) is 43.2 Å². The second-order valence-corrected chi connectivity index (χ2v) is 30.4. The lowest BCUT2D eigenvalue weighted by Crippen LogP contribution is -2.30. The fraction of sp³-hybridized carbons (Fsp3) is 0.945. The van der Waals surface area contributed by atoms with Crippen molar-refractivity contribution in [3.05, 3.63) is 0 Å². The number of rotatable bonds is 71. The summed E-state index contributed by atoms with van der Waals surface area (Å²) in [5.74, 6) is 0.0827. The van der Waals surface area contributed by atoms with Gasteiger partial charge in [0.15, 0.2) is 12.2 Å². The molecule has 546 valence electrons. The molecular formula is C73H142O17P2. The van der Waals surface area contributed by atoms with E-state index in [4.69, 9.17) is 37.0 Å². The maximum absolute atomic E-state index is 13.1. The molecule has 0 aliphatic heterocycles. The van der Waals surface area contributed by atoms with Crippen LogP contribution in [0.1, 0.15) is 370 Å². The van der Waals surface area contributed by atoms with Crippen LogP contribution in [0.2, 0.25) is 0 Å². The predicted octanol–water partition coefficient (Wildman–Crippen LogP) is 21.0. The molecule has 0 bridgehead atoms. The molecule has 0 rings (SSSR count). The van der Waals surface area contributed by atoms with Gasteiger partial charge in [-0.15, -0.1) is 0 Å². The average Bonchev–Trinajstić information content (AvgIpc) is 3.65. The maximum Gasteiger partial charge on any atom is 0.472 e. The third-order valence-electron chi connectivity index (χ3n) is 17.2. The van der Waals surface area contributed by atoms with Crippen LogP contribution >= 0.6 is 15.6 Å². The van der Waals surface area contributed by atoms with Gasteiger partial charge in [-0.1, -0.05) is 318 Å². The van der Waals surface area contributed by atoms with E-state index in [0.29, 0.717) is 25.7 Å². The van der Waals surface area contributed by atoms with Gasteiger partial charge in [0.05, 0.1) is 26.4 Å². The number of hydrogen-bond acceptors (Lipinski definition) is 15. The van der Waals surface area contributed by atoms with E-state index < -0.39 is 97.5 Å². The first-order valence-corrected chi connectivity index (χ1v) is 40.9. The summed E-state index contributed by atoms with van der Waals surface area (Å²) in [7, 11) is -9.91. The van der Waals surface area contributed by atoms with Gasteiger partial charge in [0.25, 0.3) is 0 Å². The molecule has 0 saturated carbocycles. The molecule has 92 heavy (non-hydrogen) atoms. The van der Waals surface area contributed by atoms with Crippen LogP contribution in [0, 0.1) is 17.8 Å². The van der Waals surface area contributed by atoms with Crippen LogP contribution in [0.3, 0.4) is 0 Å². The number of carbonyl (C=O) groups is 4. The van der Waals surface area contributed by atoms with Crippen molar-refractivity contribution in [3.8, 4) is 0 Å². The van der Waals surface area contributed by atoms with E-state index in [1.165, 1.54) is 173 Å². The Morgan fingerprint density at radius 3 is 0.826 bits per heavy atom. The molecule has 19 heteroatoms. The van der Waals surface area contributed by atoms with Gasteiger partial charge < -0.3 is 33.8 Å². The molecule has 0 heterocycles. The maximum atomic E-state index is 13.1. The highest BCUT2D eigenvalue weighted by atomic mass is 31.2. The van der Waals surface area contributed by atoms with Gasteiger partial charge in [0.1, 0.15) is 19.3 Å². The summed E-state index contributed by atoms with van der Waals surface area (Å²) in [6, 6.07) is 0. The molecule has 0 aliphatic carbocycles. The van der Waals surface area contributed by atoms with Crippen molar-refractivity contribution in [2.45, 2.75) is 388 Å². The molecule has 0 aromatic heterocycles. The Balaban J connectivity index is 5.24. The second-order valence-electron chi connectivity index (χ2n) is 27.5. The number of carbonyl (C=O) groups excluding carboxylic acids is 4. The van der Waals surface area contributed by atoms with Crippen molar-refractivity contribution in [3.63, 3.8) is 0 Å². The van der Waals surface area contributed by atoms with Crippen LogP contribution in [0.4, 0.5) is 0 Å². The van der Waals surface area contributed by atoms with E-state index in [1.807, 2.05) is 0 Å². The van der Waals surface area contributed by atoms with Crippen LogP contribution in [0.5, 0.6) is 0 Å². The SMILES string of the molecule is CCCCCCCCCCCCCCCCCCCCC(=O)O[C@H](COC(=O)CCCCCCCCCCCCC(C)C)COP(=O)(O)OC[C@@H](O)COP(=O)(O)OC[C@@H](COC(=O)CCCCCCCCC(C)CC)OC(=O)CCCCCCCCCCC(C)C. The quantitative estimate of drug-likeness (QED) is 0.0222. The van der Waals surface area contributed by atoms with Crippen LogP contribution in [-0.2, 0) is 65.4 Å². The second kappa shape index (κ2) is 63.8. The van der Waals surface area contributed by atoms with Crippen LogP contribution in [0.15, 0.2) is 0 Å². The number of phosphoric acid groups is 2. The van der Waals surface area contributed by atoms with Gasteiger partial charge in [-0.05, 0) is 43.4 Å². The summed E-state index contributed by atoms with van der Waals surface area (Å²) >= 11 is 0. The first kappa shape index (κ1) is 90.1. The number of hydrogen-bond donors (Lipinski definition) is 3. The van der Waals surface area contributed by atoms with Crippen molar-refractivity contribution in [2.24, 2.45) is 17.8 Å². The third-order valence-corrected chi connectivity index (χ3v) is 19.1. The Hall–Kier alpha value is -1.94. The molecular weight excluding hydrogens is 1210 g/mol. The van der Waals surface area contributed by atoms with Crippen LogP contribution in [0.25, 0.3) is 0 Å². The molecule has 3 unspecified atom stereocenters. The molecule has 0 aromatic carbocycles. The summed E-state index contributed by atoms with van der Waals surface area (Å²) in [6.07, 6.45) is 48.7. The highest BCUT2D eigenvalue weighted by molar-refractivity contribution is 7.47. The molecule has 0 radical (unpaired) electrons. The summed E-state index contributed by atoms with van der Waals surface area (Å²) < 4.78 is 68.4. The first-order valence-electron chi connectivity index (χ1n) is 37.9. The number of aliphatic hydroxyl groups excluding tert-OH is 1. The third kappa shape index (κ3) is 65.4. The first-order chi connectivity index (χ1) is 44.3. The van der Waals surface area contributed by atoms with Gasteiger partial charge in [-0.3, -0.25) is 37.3 Å². The number of unbranched alkanes of at least 4 members (excludes halogenated alkanes) is 38. The Bertz CT molecular complexity index is 1800. The van der Waals surface area contributed by atoms with Gasteiger partial charge in [0.2, 0.25) is 0 Å². The number of ether oxygens (including phenoxy) is 4. The zero-order valence-electron chi connectivity index (χ0n) is 60.0. The molecule has 0 spiro atoms. The summed E-state index contributed by atoms with van der Waals surface area (Å²) in [4.78, 5) is 72.6. The molecule has 0 aliphatic rings.